The highest BCUT2D eigenvalue weighted by molar-refractivity contribution is 6.11. The quantitative estimate of drug-likeness (QED) is 0.541. The summed E-state index contributed by atoms with van der Waals surface area (Å²) in [6.07, 6.45) is 4.88. The zero-order chi connectivity index (χ0) is 23.0. The number of hydrogen-bond donors (Lipinski definition) is 1. The number of nitrogens with one attached hydrogen (secondary N) is 1. The van der Waals surface area contributed by atoms with Crippen molar-refractivity contribution in [2.24, 2.45) is 5.41 Å². The van der Waals surface area contributed by atoms with Gasteiger partial charge in [0.15, 0.2) is 0 Å². The second-order valence-electron chi connectivity index (χ2n) is 9.92. The van der Waals surface area contributed by atoms with E-state index in [1.807, 2.05) is 52.8 Å². The fraction of sp³-hybridized carbons (Fsp3) is 0.500. The van der Waals surface area contributed by atoms with Gasteiger partial charge in [-0.05, 0) is 76.8 Å². The summed E-state index contributed by atoms with van der Waals surface area (Å²) in [5.41, 5.74) is 2.79. The fourth-order valence-corrected chi connectivity index (χ4v) is 4.71. The highest BCUT2D eigenvalue weighted by Crippen LogP contribution is 2.45. The minimum Gasteiger partial charge on any atom is -0.333 e. The SMILES string of the molecule is CC#Cc1cc(C)c(C2C(=O)CC3(C=CN(C(=O)NC(C)(C)C)CC3)CC2=O)c(C)c1. The van der Waals surface area contributed by atoms with Crippen molar-refractivity contribution in [3.05, 3.63) is 46.7 Å². The first kappa shape index (κ1) is 22.8. The maximum atomic E-state index is 13.2. The van der Waals surface area contributed by atoms with E-state index in [-0.39, 0.29) is 23.1 Å². The molecule has 1 spiro atoms. The van der Waals surface area contributed by atoms with Crippen LogP contribution in [0.25, 0.3) is 0 Å². The van der Waals surface area contributed by atoms with Crippen LogP contribution in [0.2, 0.25) is 0 Å². The number of carbonyl (C=O) groups excluding carboxylic acids is 3. The van der Waals surface area contributed by atoms with E-state index in [0.717, 1.165) is 22.3 Å². The van der Waals surface area contributed by atoms with Crippen LogP contribution in [0, 0.1) is 31.1 Å². The number of ketones is 2. The molecule has 1 aromatic rings. The van der Waals surface area contributed by atoms with Crippen molar-refractivity contribution in [2.75, 3.05) is 6.54 Å². The van der Waals surface area contributed by atoms with Gasteiger partial charge in [0.1, 0.15) is 17.5 Å². The number of aryl methyl sites for hydroxylation is 2. The molecule has 0 saturated heterocycles. The predicted octanol–water partition coefficient (Wildman–Crippen LogP) is 4.40. The van der Waals surface area contributed by atoms with Gasteiger partial charge in [0.05, 0.1) is 0 Å². The number of hydrogen-bond acceptors (Lipinski definition) is 3. The van der Waals surface area contributed by atoms with Gasteiger partial charge in [0.2, 0.25) is 0 Å². The summed E-state index contributed by atoms with van der Waals surface area (Å²) in [4.78, 5) is 40.5. The molecule has 0 aromatic heterocycles. The Balaban J connectivity index is 1.81. The zero-order valence-corrected chi connectivity index (χ0v) is 19.4. The van der Waals surface area contributed by atoms with Crippen LogP contribution >= 0.6 is 0 Å². The Morgan fingerprint density at radius 1 is 1.13 bits per heavy atom. The normalized spacial score (nSPS) is 23.5. The van der Waals surface area contributed by atoms with E-state index in [0.29, 0.717) is 25.8 Å². The minimum atomic E-state index is -0.704. The zero-order valence-electron chi connectivity index (χ0n) is 19.4. The third kappa shape index (κ3) is 4.90. The molecule has 5 nitrogen and oxygen atoms in total. The fourth-order valence-electron chi connectivity index (χ4n) is 4.71. The second-order valence-corrected chi connectivity index (χ2v) is 9.92. The molecule has 1 fully saturated rings. The topological polar surface area (TPSA) is 66.5 Å². The van der Waals surface area contributed by atoms with Crippen molar-refractivity contribution in [1.82, 2.24) is 10.2 Å². The van der Waals surface area contributed by atoms with Gasteiger partial charge < -0.3 is 10.2 Å². The summed E-state index contributed by atoms with van der Waals surface area (Å²) < 4.78 is 0. The molecule has 0 bridgehead atoms. The van der Waals surface area contributed by atoms with E-state index in [4.69, 9.17) is 0 Å². The Labute approximate surface area is 185 Å². The van der Waals surface area contributed by atoms with Crippen molar-refractivity contribution in [2.45, 2.75) is 72.3 Å². The lowest BCUT2D eigenvalue weighted by Crippen LogP contribution is -2.49. The Morgan fingerprint density at radius 2 is 1.71 bits per heavy atom. The second kappa shape index (κ2) is 8.34. The summed E-state index contributed by atoms with van der Waals surface area (Å²) in [6.45, 7) is 12.0. The maximum Gasteiger partial charge on any atom is 0.321 e. The average molecular weight is 421 g/mol. The number of Topliss-reactive ketones (excluding diaryl/α,β-unsaturated/α-hetero) is 2. The minimum absolute atomic E-state index is 0.0333. The highest BCUT2D eigenvalue weighted by atomic mass is 16.2. The van der Waals surface area contributed by atoms with Gasteiger partial charge in [-0.1, -0.05) is 12.0 Å². The van der Waals surface area contributed by atoms with Gasteiger partial charge in [0, 0.05) is 42.1 Å². The number of rotatable bonds is 1. The summed E-state index contributed by atoms with van der Waals surface area (Å²) in [7, 11) is 0. The lowest BCUT2D eigenvalue weighted by atomic mass is 9.64. The number of amides is 2. The van der Waals surface area contributed by atoms with Crippen LogP contribution in [0.5, 0.6) is 0 Å². The van der Waals surface area contributed by atoms with E-state index in [9.17, 15) is 14.4 Å². The standard InChI is InChI=1S/C26H32N2O3/c1-7-8-19-13-17(2)22(18(3)14-19)23-20(29)15-26(16-21(23)30)9-11-28(12-10-26)24(31)27-25(4,5)6/h9,11,13-14,23H,10,12,15-16H2,1-6H3,(H,27,31). The monoisotopic (exact) mass is 420 g/mol. The van der Waals surface area contributed by atoms with Gasteiger partial charge in [-0.25, -0.2) is 4.79 Å². The third-order valence-electron chi connectivity index (χ3n) is 6.05. The van der Waals surface area contributed by atoms with Crippen molar-refractivity contribution < 1.29 is 14.4 Å². The smallest absolute Gasteiger partial charge is 0.321 e. The molecule has 1 aromatic carbocycles. The lowest BCUT2D eigenvalue weighted by Gasteiger charge is -2.41. The molecule has 164 valence electrons. The van der Waals surface area contributed by atoms with Crippen LogP contribution in [-0.2, 0) is 9.59 Å². The molecule has 3 rings (SSSR count). The van der Waals surface area contributed by atoms with Crippen molar-refractivity contribution in [3.8, 4) is 11.8 Å². The van der Waals surface area contributed by atoms with Crippen LogP contribution in [0.15, 0.2) is 24.4 Å². The molecule has 2 amide bonds. The number of nitrogens with zero attached hydrogens (tertiary/aromatic N) is 1. The summed E-state index contributed by atoms with van der Waals surface area (Å²) >= 11 is 0. The Bertz CT molecular complexity index is 976. The summed E-state index contributed by atoms with van der Waals surface area (Å²) in [5, 5.41) is 2.94. The van der Waals surface area contributed by atoms with Gasteiger partial charge in [-0.2, -0.15) is 0 Å². The molecule has 0 unspecified atom stereocenters. The summed E-state index contributed by atoms with van der Waals surface area (Å²) in [5.74, 6) is 5.17. The Kier molecular flexibility index (Phi) is 6.14. The molecule has 1 aliphatic heterocycles. The van der Waals surface area contributed by atoms with Crippen LogP contribution in [0.4, 0.5) is 4.79 Å². The first-order valence-electron chi connectivity index (χ1n) is 10.8. The van der Waals surface area contributed by atoms with Crippen LogP contribution in [0.1, 0.15) is 75.1 Å². The average Bonchev–Trinajstić information content (AvgIpc) is 2.62. The molecule has 1 aliphatic carbocycles. The number of carbonyl (C=O) groups is 3. The van der Waals surface area contributed by atoms with Crippen molar-refractivity contribution in [1.29, 1.82) is 0 Å². The first-order chi connectivity index (χ1) is 14.4. The van der Waals surface area contributed by atoms with E-state index >= 15 is 0 Å². The van der Waals surface area contributed by atoms with E-state index in [2.05, 4.69) is 17.2 Å². The maximum absolute atomic E-state index is 13.2. The third-order valence-corrected chi connectivity index (χ3v) is 6.05. The van der Waals surface area contributed by atoms with Gasteiger partial charge in [-0.3, -0.25) is 9.59 Å². The molecule has 0 radical (unpaired) electrons. The van der Waals surface area contributed by atoms with Crippen molar-refractivity contribution >= 4 is 17.6 Å². The number of urea groups is 1. The molecule has 1 N–H and O–H groups in total. The van der Waals surface area contributed by atoms with E-state index < -0.39 is 11.3 Å². The molecular weight excluding hydrogens is 388 g/mol. The van der Waals surface area contributed by atoms with Gasteiger partial charge >= 0.3 is 6.03 Å². The molecule has 31 heavy (non-hydrogen) atoms. The van der Waals surface area contributed by atoms with Gasteiger partial charge in [0.25, 0.3) is 0 Å². The summed E-state index contributed by atoms with van der Waals surface area (Å²) in [6, 6.07) is 3.75. The van der Waals surface area contributed by atoms with Crippen molar-refractivity contribution in [3.63, 3.8) is 0 Å². The van der Waals surface area contributed by atoms with E-state index in [1.54, 1.807) is 18.0 Å². The molecule has 1 saturated carbocycles. The largest absolute Gasteiger partial charge is 0.333 e. The molecule has 5 heteroatoms. The van der Waals surface area contributed by atoms with Gasteiger partial charge in [-0.15, -0.1) is 5.92 Å². The first-order valence-corrected chi connectivity index (χ1v) is 10.8. The molecule has 2 aliphatic rings. The lowest BCUT2D eigenvalue weighted by molar-refractivity contribution is -0.135. The Morgan fingerprint density at radius 3 is 2.16 bits per heavy atom. The molecular formula is C26H32N2O3. The number of allylic oxidation sites excluding steroid dienone is 1. The van der Waals surface area contributed by atoms with Crippen LogP contribution in [0.3, 0.4) is 0 Å². The number of benzene rings is 1. The molecule has 1 heterocycles. The predicted molar refractivity (Wildman–Crippen MR) is 122 cm³/mol. The van der Waals surface area contributed by atoms with E-state index in [1.165, 1.54) is 0 Å². The molecule has 0 atom stereocenters. The van der Waals surface area contributed by atoms with Crippen LogP contribution in [-0.4, -0.2) is 34.6 Å². The highest BCUT2D eigenvalue weighted by Gasteiger charge is 2.46. The van der Waals surface area contributed by atoms with Crippen LogP contribution < -0.4 is 5.32 Å². The Hall–Kier alpha value is -2.87.